The van der Waals surface area contributed by atoms with E-state index < -0.39 is 5.82 Å². The van der Waals surface area contributed by atoms with Crippen molar-refractivity contribution in [3.05, 3.63) is 65.9 Å². The smallest absolute Gasteiger partial charge is 0.291 e. The fourth-order valence-corrected chi connectivity index (χ4v) is 3.75. The van der Waals surface area contributed by atoms with E-state index in [9.17, 15) is 9.18 Å². The Morgan fingerprint density at radius 1 is 1.07 bits per heavy atom. The van der Waals surface area contributed by atoms with Crippen LogP contribution in [0.25, 0.3) is 22.4 Å². The van der Waals surface area contributed by atoms with Crippen LogP contribution < -0.4 is 5.32 Å². The van der Waals surface area contributed by atoms with Gasteiger partial charge in [-0.25, -0.2) is 4.39 Å². The van der Waals surface area contributed by atoms with Crippen LogP contribution in [0.4, 0.5) is 10.1 Å². The van der Waals surface area contributed by atoms with E-state index in [1.807, 2.05) is 22.8 Å². The van der Waals surface area contributed by atoms with Gasteiger partial charge in [-0.2, -0.15) is 0 Å². The number of anilines is 1. The standard InChI is InChI=1S/C22H19FN4O2/c23-17-10-9-15(24-22(28)19-12-14-6-3-4-7-18(14)29-19)13-16(17)21-26-25-20-8-2-1-5-11-27(20)21/h3-4,6-7,9-10,12-13H,1-2,5,8,11H2,(H,24,28). The number of hydrogen-bond acceptors (Lipinski definition) is 4. The Kier molecular flexibility index (Phi) is 4.35. The van der Waals surface area contributed by atoms with E-state index in [-0.39, 0.29) is 11.7 Å². The van der Waals surface area contributed by atoms with Crippen molar-refractivity contribution in [3.63, 3.8) is 0 Å². The molecule has 0 radical (unpaired) electrons. The van der Waals surface area contributed by atoms with Crippen LogP contribution in [0.5, 0.6) is 0 Å². The zero-order valence-electron chi connectivity index (χ0n) is 15.7. The number of aromatic nitrogens is 3. The highest BCUT2D eigenvalue weighted by molar-refractivity contribution is 6.04. The number of halogens is 1. The van der Waals surface area contributed by atoms with Crippen LogP contribution in [0, 0.1) is 5.82 Å². The van der Waals surface area contributed by atoms with Crippen LogP contribution in [-0.2, 0) is 13.0 Å². The van der Waals surface area contributed by atoms with Gasteiger partial charge in [-0.05, 0) is 43.2 Å². The molecule has 0 saturated heterocycles. The van der Waals surface area contributed by atoms with Crippen molar-refractivity contribution < 1.29 is 13.6 Å². The lowest BCUT2D eigenvalue weighted by Gasteiger charge is -2.10. The van der Waals surface area contributed by atoms with E-state index in [2.05, 4.69) is 15.5 Å². The van der Waals surface area contributed by atoms with Crippen LogP contribution in [0.15, 0.2) is 52.9 Å². The fraction of sp³-hybridized carbons (Fsp3) is 0.227. The van der Waals surface area contributed by atoms with Crippen LogP contribution in [0.2, 0.25) is 0 Å². The Balaban J connectivity index is 1.45. The van der Waals surface area contributed by atoms with E-state index in [1.54, 1.807) is 18.2 Å². The third-order valence-electron chi connectivity index (χ3n) is 5.22. The van der Waals surface area contributed by atoms with Crippen molar-refractivity contribution in [3.8, 4) is 11.4 Å². The van der Waals surface area contributed by atoms with Gasteiger partial charge in [-0.15, -0.1) is 10.2 Å². The van der Waals surface area contributed by atoms with Gasteiger partial charge in [0.2, 0.25) is 0 Å². The Bertz CT molecular complexity index is 1180. The van der Waals surface area contributed by atoms with Crippen molar-refractivity contribution in [2.24, 2.45) is 0 Å². The minimum Gasteiger partial charge on any atom is -0.451 e. The molecule has 0 aliphatic carbocycles. The zero-order chi connectivity index (χ0) is 19.8. The molecule has 29 heavy (non-hydrogen) atoms. The monoisotopic (exact) mass is 390 g/mol. The number of carbonyl (C=O) groups excluding carboxylic acids is 1. The molecule has 0 spiro atoms. The van der Waals surface area contributed by atoms with Gasteiger partial charge in [0.15, 0.2) is 11.6 Å². The van der Waals surface area contributed by atoms with E-state index in [4.69, 9.17) is 4.42 Å². The molecule has 0 atom stereocenters. The first kappa shape index (κ1) is 17.6. The summed E-state index contributed by atoms with van der Waals surface area (Å²) in [5.74, 6) is 0.797. The molecule has 1 amide bonds. The number of nitrogens with zero attached hydrogens (tertiary/aromatic N) is 3. The largest absolute Gasteiger partial charge is 0.451 e. The molecule has 0 bridgehead atoms. The highest BCUT2D eigenvalue weighted by Crippen LogP contribution is 2.28. The van der Waals surface area contributed by atoms with Gasteiger partial charge in [0.1, 0.15) is 17.2 Å². The second-order valence-corrected chi connectivity index (χ2v) is 7.20. The average Bonchev–Trinajstić information content (AvgIpc) is 3.27. The molecule has 4 aromatic rings. The maximum atomic E-state index is 14.6. The Labute approximate surface area is 166 Å². The van der Waals surface area contributed by atoms with Crippen molar-refractivity contribution in [1.82, 2.24) is 14.8 Å². The zero-order valence-corrected chi connectivity index (χ0v) is 15.7. The van der Waals surface area contributed by atoms with Crippen LogP contribution in [0.3, 0.4) is 0 Å². The molecule has 6 nitrogen and oxygen atoms in total. The third kappa shape index (κ3) is 3.29. The number of amides is 1. The van der Waals surface area contributed by atoms with Crippen molar-refractivity contribution >= 4 is 22.6 Å². The van der Waals surface area contributed by atoms with Crippen molar-refractivity contribution in [2.45, 2.75) is 32.2 Å². The quantitative estimate of drug-likeness (QED) is 0.545. The van der Waals surface area contributed by atoms with Crippen LogP contribution in [-0.4, -0.2) is 20.7 Å². The second-order valence-electron chi connectivity index (χ2n) is 7.20. The lowest BCUT2D eigenvalue weighted by molar-refractivity contribution is 0.0998. The van der Waals surface area contributed by atoms with Gasteiger partial charge in [0, 0.05) is 24.0 Å². The first-order valence-corrected chi connectivity index (χ1v) is 9.71. The molecule has 2 aromatic carbocycles. The number of rotatable bonds is 3. The first-order chi connectivity index (χ1) is 14.2. The normalized spacial score (nSPS) is 13.8. The second kappa shape index (κ2) is 7.16. The van der Waals surface area contributed by atoms with Gasteiger partial charge < -0.3 is 14.3 Å². The average molecular weight is 390 g/mol. The Morgan fingerprint density at radius 3 is 2.86 bits per heavy atom. The number of fused-ring (bicyclic) bond motifs is 2. The SMILES string of the molecule is O=C(Nc1ccc(F)c(-c2nnc3n2CCCCC3)c1)c1cc2ccccc2o1. The number of furan rings is 1. The van der Waals surface area contributed by atoms with E-state index >= 15 is 0 Å². The number of hydrogen-bond donors (Lipinski definition) is 1. The van der Waals surface area contributed by atoms with Crippen molar-refractivity contribution in [1.29, 1.82) is 0 Å². The maximum absolute atomic E-state index is 14.6. The molecule has 1 aliphatic heterocycles. The summed E-state index contributed by atoms with van der Waals surface area (Å²) in [6.07, 6.45) is 4.05. The molecule has 2 aromatic heterocycles. The predicted octanol–water partition coefficient (Wildman–Crippen LogP) is 4.81. The molecule has 0 fully saturated rings. The Morgan fingerprint density at radius 2 is 1.97 bits per heavy atom. The topological polar surface area (TPSA) is 73.0 Å². The van der Waals surface area contributed by atoms with Gasteiger partial charge >= 0.3 is 0 Å². The van der Waals surface area contributed by atoms with Crippen molar-refractivity contribution in [2.75, 3.05) is 5.32 Å². The number of aryl methyl sites for hydroxylation is 1. The molecule has 0 unspecified atom stereocenters. The van der Waals surface area contributed by atoms with Crippen LogP contribution in [0.1, 0.15) is 35.6 Å². The summed E-state index contributed by atoms with van der Waals surface area (Å²) < 4.78 is 22.2. The summed E-state index contributed by atoms with van der Waals surface area (Å²) >= 11 is 0. The molecule has 7 heteroatoms. The van der Waals surface area contributed by atoms with Gasteiger partial charge in [-0.3, -0.25) is 4.79 Å². The minimum atomic E-state index is -0.397. The number of para-hydroxylation sites is 1. The highest BCUT2D eigenvalue weighted by atomic mass is 19.1. The lowest BCUT2D eigenvalue weighted by Crippen LogP contribution is -2.11. The third-order valence-corrected chi connectivity index (χ3v) is 5.22. The molecule has 3 heterocycles. The van der Waals surface area contributed by atoms with Gasteiger partial charge in [0.05, 0.1) is 5.56 Å². The first-order valence-electron chi connectivity index (χ1n) is 9.71. The summed E-state index contributed by atoms with van der Waals surface area (Å²) in [5, 5.41) is 12.1. The summed E-state index contributed by atoms with van der Waals surface area (Å²) in [6, 6.07) is 13.6. The maximum Gasteiger partial charge on any atom is 0.291 e. The number of benzene rings is 2. The summed E-state index contributed by atoms with van der Waals surface area (Å²) in [4.78, 5) is 12.6. The molecule has 146 valence electrons. The van der Waals surface area contributed by atoms with E-state index in [0.717, 1.165) is 43.4 Å². The fourth-order valence-electron chi connectivity index (χ4n) is 3.75. The number of nitrogens with one attached hydrogen (secondary N) is 1. The highest BCUT2D eigenvalue weighted by Gasteiger charge is 2.20. The number of carbonyl (C=O) groups is 1. The lowest BCUT2D eigenvalue weighted by atomic mass is 10.1. The van der Waals surface area contributed by atoms with Gasteiger partial charge in [-0.1, -0.05) is 24.6 Å². The van der Waals surface area contributed by atoms with Gasteiger partial charge in [0.25, 0.3) is 5.91 Å². The molecule has 1 N–H and O–H groups in total. The van der Waals surface area contributed by atoms with E-state index in [0.29, 0.717) is 22.7 Å². The van der Waals surface area contributed by atoms with Crippen LogP contribution >= 0.6 is 0 Å². The summed E-state index contributed by atoms with van der Waals surface area (Å²) in [6.45, 7) is 0.771. The predicted molar refractivity (Wildman–Crippen MR) is 107 cm³/mol. The summed E-state index contributed by atoms with van der Waals surface area (Å²) in [5.41, 5.74) is 1.44. The molecular weight excluding hydrogens is 371 g/mol. The minimum absolute atomic E-state index is 0.202. The molecular formula is C22H19FN4O2. The molecule has 0 saturated carbocycles. The Hall–Kier alpha value is -3.48. The van der Waals surface area contributed by atoms with E-state index in [1.165, 1.54) is 12.1 Å². The molecule has 5 rings (SSSR count). The summed E-state index contributed by atoms with van der Waals surface area (Å²) in [7, 11) is 0. The molecule has 1 aliphatic rings.